The van der Waals surface area contributed by atoms with Gasteiger partial charge in [-0.15, -0.1) is 0 Å². The van der Waals surface area contributed by atoms with Crippen molar-refractivity contribution in [3.63, 3.8) is 0 Å². The molecule has 2 aromatic rings. The van der Waals surface area contributed by atoms with Crippen molar-refractivity contribution in [1.29, 1.82) is 0 Å². The molecular formula is C25H32F2O2. The van der Waals surface area contributed by atoms with Crippen LogP contribution in [-0.4, -0.2) is 13.2 Å². The van der Waals surface area contributed by atoms with E-state index in [1.165, 1.54) is 44.9 Å². The van der Waals surface area contributed by atoms with Crippen molar-refractivity contribution in [3.8, 4) is 11.1 Å². The fourth-order valence-electron chi connectivity index (χ4n) is 3.87. The Balaban J connectivity index is 1.48. The average Bonchev–Trinajstić information content (AvgIpc) is 2.76. The molecule has 2 aromatic carbocycles. The highest BCUT2D eigenvalue weighted by Gasteiger charge is 2.27. The Kier molecular flexibility index (Phi) is 8.63. The van der Waals surface area contributed by atoms with Crippen LogP contribution in [0.25, 0.3) is 11.1 Å². The molecule has 1 fully saturated rings. The second-order valence-electron chi connectivity index (χ2n) is 7.97. The van der Waals surface area contributed by atoms with Crippen LogP contribution in [0.15, 0.2) is 42.5 Å². The molecule has 0 spiro atoms. The van der Waals surface area contributed by atoms with Crippen LogP contribution in [-0.2, 0) is 9.47 Å². The molecule has 1 saturated heterocycles. The summed E-state index contributed by atoms with van der Waals surface area (Å²) in [6.07, 6.45) is 9.18. The predicted octanol–water partition coefficient (Wildman–Crippen LogP) is 7.43. The number of rotatable bonds is 10. The van der Waals surface area contributed by atoms with Crippen LogP contribution in [0, 0.1) is 17.6 Å². The van der Waals surface area contributed by atoms with E-state index in [0.717, 1.165) is 6.42 Å². The lowest BCUT2D eigenvalue weighted by molar-refractivity contribution is -0.207. The maximum absolute atomic E-state index is 14.7. The molecule has 0 bridgehead atoms. The zero-order chi connectivity index (χ0) is 20.5. The van der Waals surface area contributed by atoms with E-state index in [1.54, 1.807) is 36.4 Å². The van der Waals surface area contributed by atoms with Gasteiger partial charge in [-0.3, -0.25) is 0 Å². The largest absolute Gasteiger partial charge is 0.348 e. The summed E-state index contributed by atoms with van der Waals surface area (Å²) in [6.45, 7) is 3.29. The van der Waals surface area contributed by atoms with Gasteiger partial charge < -0.3 is 9.47 Å². The molecule has 4 heteroatoms. The lowest BCUT2D eigenvalue weighted by atomic mass is 10.00. The molecule has 1 aliphatic rings. The van der Waals surface area contributed by atoms with Gasteiger partial charge in [0.15, 0.2) is 17.9 Å². The quantitative estimate of drug-likeness (QED) is 0.385. The molecule has 0 amide bonds. The molecule has 0 aromatic heterocycles. The van der Waals surface area contributed by atoms with Gasteiger partial charge in [0, 0.05) is 17.0 Å². The molecule has 158 valence electrons. The van der Waals surface area contributed by atoms with Crippen molar-refractivity contribution in [3.05, 3.63) is 59.7 Å². The number of halogens is 2. The highest BCUT2D eigenvalue weighted by atomic mass is 19.2. The van der Waals surface area contributed by atoms with Crippen LogP contribution < -0.4 is 0 Å². The lowest BCUT2D eigenvalue weighted by Crippen LogP contribution is -2.27. The number of benzene rings is 2. The summed E-state index contributed by atoms with van der Waals surface area (Å²) >= 11 is 0. The second-order valence-corrected chi connectivity index (χ2v) is 7.97. The maximum Gasteiger partial charge on any atom is 0.186 e. The highest BCUT2D eigenvalue weighted by molar-refractivity contribution is 5.64. The Bertz CT molecular complexity index is 740. The standard InChI is InChI=1S/C25H32F2O2/c1-2-3-4-5-6-7-9-12-19-17-28-25(29-18-19)22-16-15-21(23(26)24(22)27)20-13-10-8-11-14-20/h8,10-11,13-16,19,25H,2-7,9,12,17-18H2,1H3. The minimum Gasteiger partial charge on any atom is -0.348 e. The molecule has 29 heavy (non-hydrogen) atoms. The smallest absolute Gasteiger partial charge is 0.186 e. The summed E-state index contributed by atoms with van der Waals surface area (Å²) in [6, 6.07) is 12.2. The van der Waals surface area contributed by atoms with E-state index in [-0.39, 0.29) is 11.1 Å². The molecule has 1 aliphatic heterocycles. The van der Waals surface area contributed by atoms with Crippen molar-refractivity contribution in [2.45, 2.75) is 64.6 Å². The molecule has 3 rings (SSSR count). The van der Waals surface area contributed by atoms with E-state index in [9.17, 15) is 8.78 Å². The fourth-order valence-corrected chi connectivity index (χ4v) is 3.87. The topological polar surface area (TPSA) is 18.5 Å². The summed E-state index contributed by atoms with van der Waals surface area (Å²) in [5.74, 6) is -1.41. The third-order valence-electron chi connectivity index (χ3n) is 5.63. The summed E-state index contributed by atoms with van der Waals surface area (Å²) < 4.78 is 40.8. The Hall–Kier alpha value is -1.78. The van der Waals surface area contributed by atoms with Gasteiger partial charge in [-0.1, -0.05) is 94.3 Å². The highest BCUT2D eigenvalue weighted by Crippen LogP contribution is 2.33. The first-order chi connectivity index (χ1) is 14.2. The average molecular weight is 403 g/mol. The molecule has 0 aliphatic carbocycles. The first-order valence-corrected chi connectivity index (χ1v) is 11.0. The summed E-state index contributed by atoms with van der Waals surface area (Å²) in [5, 5.41) is 0. The second kappa shape index (κ2) is 11.4. The summed E-state index contributed by atoms with van der Waals surface area (Å²) in [4.78, 5) is 0. The van der Waals surface area contributed by atoms with Gasteiger partial charge in [-0.2, -0.15) is 0 Å². The lowest BCUT2D eigenvalue weighted by Gasteiger charge is -2.30. The maximum atomic E-state index is 14.7. The Morgan fingerprint density at radius 1 is 0.793 bits per heavy atom. The van der Waals surface area contributed by atoms with Gasteiger partial charge in [0.05, 0.1) is 13.2 Å². The molecule has 0 unspecified atom stereocenters. The number of hydrogen-bond acceptors (Lipinski definition) is 2. The van der Waals surface area contributed by atoms with Crippen LogP contribution in [0.2, 0.25) is 0 Å². The molecule has 2 nitrogen and oxygen atoms in total. The van der Waals surface area contributed by atoms with Crippen LogP contribution in [0.3, 0.4) is 0 Å². The number of ether oxygens (including phenoxy) is 2. The minimum atomic E-state index is -0.887. The third-order valence-corrected chi connectivity index (χ3v) is 5.63. The van der Waals surface area contributed by atoms with Crippen molar-refractivity contribution >= 4 is 0 Å². The predicted molar refractivity (Wildman–Crippen MR) is 113 cm³/mol. The van der Waals surface area contributed by atoms with E-state index in [0.29, 0.717) is 24.7 Å². The van der Waals surface area contributed by atoms with E-state index in [1.807, 2.05) is 6.07 Å². The fraction of sp³-hybridized carbons (Fsp3) is 0.520. The molecule has 0 saturated carbocycles. The molecule has 1 heterocycles. The zero-order valence-electron chi connectivity index (χ0n) is 17.3. The Labute approximate surface area is 173 Å². The van der Waals surface area contributed by atoms with E-state index >= 15 is 0 Å². The summed E-state index contributed by atoms with van der Waals surface area (Å²) in [5.41, 5.74) is 1.03. The third kappa shape index (κ3) is 6.10. The van der Waals surface area contributed by atoms with Crippen LogP contribution >= 0.6 is 0 Å². The monoisotopic (exact) mass is 402 g/mol. The molecular weight excluding hydrogens is 370 g/mol. The van der Waals surface area contributed by atoms with Crippen molar-refractivity contribution in [2.24, 2.45) is 5.92 Å². The first-order valence-electron chi connectivity index (χ1n) is 11.0. The molecule has 0 radical (unpaired) electrons. The van der Waals surface area contributed by atoms with Gasteiger partial charge in [0.2, 0.25) is 0 Å². The van der Waals surface area contributed by atoms with E-state index in [2.05, 4.69) is 6.92 Å². The molecule has 0 atom stereocenters. The van der Waals surface area contributed by atoms with Crippen LogP contribution in [0.1, 0.15) is 70.1 Å². The van der Waals surface area contributed by atoms with Crippen LogP contribution in [0.4, 0.5) is 8.78 Å². The Morgan fingerprint density at radius 2 is 1.45 bits per heavy atom. The van der Waals surface area contributed by atoms with Crippen molar-refractivity contribution in [2.75, 3.05) is 13.2 Å². The number of hydrogen-bond donors (Lipinski definition) is 0. The van der Waals surface area contributed by atoms with Gasteiger partial charge in [0.1, 0.15) is 0 Å². The Morgan fingerprint density at radius 3 is 2.14 bits per heavy atom. The SMILES string of the molecule is CCCCCCCCCC1COC(c2ccc(-c3ccccc3)c(F)c2F)OC1. The molecule has 0 N–H and O–H groups in total. The van der Waals surface area contributed by atoms with E-state index in [4.69, 9.17) is 9.47 Å². The van der Waals surface area contributed by atoms with Crippen molar-refractivity contribution in [1.82, 2.24) is 0 Å². The first kappa shape index (κ1) is 21.9. The van der Waals surface area contributed by atoms with Gasteiger partial charge in [0.25, 0.3) is 0 Å². The van der Waals surface area contributed by atoms with Gasteiger partial charge in [-0.05, 0) is 12.0 Å². The van der Waals surface area contributed by atoms with Crippen LogP contribution in [0.5, 0.6) is 0 Å². The van der Waals surface area contributed by atoms with Gasteiger partial charge in [-0.25, -0.2) is 8.78 Å². The minimum absolute atomic E-state index is 0.136. The normalized spacial score (nSPS) is 19.4. The zero-order valence-corrected chi connectivity index (χ0v) is 17.3. The number of unbranched alkanes of at least 4 members (excludes halogenated alkanes) is 6. The van der Waals surface area contributed by atoms with Gasteiger partial charge >= 0.3 is 0 Å². The summed E-state index contributed by atoms with van der Waals surface area (Å²) in [7, 11) is 0. The van der Waals surface area contributed by atoms with E-state index < -0.39 is 17.9 Å². The van der Waals surface area contributed by atoms with Crippen molar-refractivity contribution < 1.29 is 18.3 Å².